The number of halogens is 1. The molecule has 0 unspecified atom stereocenters. The fraction of sp³-hybridized carbons (Fsp3) is 0.261. The Balaban J connectivity index is 0.00000225. The van der Waals surface area contributed by atoms with Crippen molar-refractivity contribution in [3.63, 3.8) is 0 Å². The van der Waals surface area contributed by atoms with Gasteiger partial charge in [0.15, 0.2) is 0 Å². The minimum atomic E-state index is 0. The monoisotopic (exact) mass is 395 g/mol. The topological polar surface area (TPSA) is 39.3 Å². The molecular formula is C23H26ClN3O. The second kappa shape index (κ2) is 9.58. The van der Waals surface area contributed by atoms with E-state index in [1.165, 1.54) is 5.56 Å². The van der Waals surface area contributed by atoms with Crippen LogP contribution in [0.4, 0.5) is 0 Å². The van der Waals surface area contributed by atoms with Crippen molar-refractivity contribution in [3.05, 3.63) is 78.0 Å². The number of rotatable bonds is 5. The lowest BCUT2D eigenvalue weighted by atomic mass is 10.1. The van der Waals surface area contributed by atoms with Crippen LogP contribution in [0.25, 0.3) is 17.0 Å². The number of piperazine rings is 1. The summed E-state index contributed by atoms with van der Waals surface area (Å²) in [7, 11) is 0. The number of nitrogens with one attached hydrogen (secondary N) is 1. The SMILES string of the molecule is Cl.O=C(Cc1c[nH]c2ccccc12)N1CCN(CC=Cc2ccccc2)CC1. The minimum Gasteiger partial charge on any atom is -0.361 e. The third-order valence-corrected chi connectivity index (χ3v) is 5.22. The zero-order valence-electron chi connectivity index (χ0n) is 15.9. The normalized spacial score (nSPS) is 15.1. The van der Waals surface area contributed by atoms with Gasteiger partial charge in [-0.1, -0.05) is 60.7 Å². The Morgan fingerprint density at radius 3 is 2.46 bits per heavy atom. The Labute approximate surface area is 172 Å². The van der Waals surface area contributed by atoms with Crippen LogP contribution in [0, 0.1) is 0 Å². The van der Waals surface area contributed by atoms with Crippen molar-refractivity contribution in [1.29, 1.82) is 0 Å². The summed E-state index contributed by atoms with van der Waals surface area (Å²) in [5.74, 6) is 0.222. The van der Waals surface area contributed by atoms with E-state index in [1.54, 1.807) is 0 Å². The lowest BCUT2D eigenvalue weighted by Gasteiger charge is -2.34. The van der Waals surface area contributed by atoms with E-state index < -0.39 is 0 Å². The van der Waals surface area contributed by atoms with E-state index in [2.05, 4.69) is 52.4 Å². The molecule has 2 heterocycles. The van der Waals surface area contributed by atoms with Crippen molar-refractivity contribution in [2.24, 2.45) is 0 Å². The first-order valence-corrected chi connectivity index (χ1v) is 9.56. The van der Waals surface area contributed by atoms with Crippen LogP contribution in [0.1, 0.15) is 11.1 Å². The summed E-state index contributed by atoms with van der Waals surface area (Å²) in [5.41, 5.74) is 3.41. The number of fused-ring (bicyclic) bond motifs is 1. The predicted octanol–water partition coefficient (Wildman–Crippen LogP) is 3.99. The molecule has 0 bridgehead atoms. The van der Waals surface area contributed by atoms with Gasteiger partial charge < -0.3 is 9.88 Å². The van der Waals surface area contributed by atoms with Crippen LogP contribution in [0.3, 0.4) is 0 Å². The van der Waals surface area contributed by atoms with Crippen LogP contribution in [0.2, 0.25) is 0 Å². The fourth-order valence-electron chi connectivity index (χ4n) is 3.63. The molecular weight excluding hydrogens is 370 g/mol. The quantitative estimate of drug-likeness (QED) is 0.709. The molecule has 1 aliphatic heterocycles. The van der Waals surface area contributed by atoms with Crippen molar-refractivity contribution in [2.45, 2.75) is 6.42 Å². The highest BCUT2D eigenvalue weighted by atomic mass is 35.5. The Kier molecular flexibility index (Phi) is 6.90. The maximum Gasteiger partial charge on any atom is 0.227 e. The van der Waals surface area contributed by atoms with Crippen molar-refractivity contribution >= 4 is 35.3 Å². The number of hydrogen-bond donors (Lipinski definition) is 1. The molecule has 4 nitrogen and oxygen atoms in total. The van der Waals surface area contributed by atoms with Crippen LogP contribution < -0.4 is 0 Å². The van der Waals surface area contributed by atoms with E-state index in [-0.39, 0.29) is 18.3 Å². The summed E-state index contributed by atoms with van der Waals surface area (Å²) < 4.78 is 0. The first kappa shape index (κ1) is 20.2. The minimum absolute atomic E-state index is 0. The maximum absolute atomic E-state index is 12.7. The van der Waals surface area contributed by atoms with Crippen LogP contribution in [-0.2, 0) is 11.2 Å². The third kappa shape index (κ3) is 4.83. The van der Waals surface area contributed by atoms with Gasteiger partial charge in [0.05, 0.1) is 6.42 Å². The highest BCUT2D eigenvalue weighted by Gasteiger charge is 2.21. The molecule has 0 radical (unpaired) electrons. The van der Waals surface area contributed by atoms with Crippen LogP contribution in [0.5, 0.6) is 0 Å². The number of H-pyrrole nitrogens is 1. The van der Waals surface area contributed by atoms with Crippen LogP contribution in [0.15, 0.2) is 66.9 Å². The zero-order chi connectivity index (χ0) is 18.5. The molecule has 1 amide bonds. The molecule has 146 valence electrons. The van der Waals surface area contributed by atoms with Crippen molar-refractivity contribution in [1.82, 2.24) is 14.8 Å². The van der Waals surface area contributed by atoms with Gasteiger partial charge in [0.2, 0.25) is 5.91 Å². The second-order valence-corrected chi connectivity index (χ2v) is 7.03. The molecule has 1 fully saturated rings. The summed E-state index contributed by atoms with van der Waals surface area (Å²) in [6.45, 7) is 4.40. The van der Waals surface area contributed by atoms with E-state index in [9.17, 15) is 4.79 Å². The van der Waals surface area contributed by atoms with E-state index in [4.69, 9.17) is 0 Å². The zero-order valence-corrected chi connectivity index (χ0v) is 16.7. The molecule has 28 heavy (non-hydrogen) atoms. The Bertz CT molecular complexity index is 927. The molecule has 0 spiro atoms. The van der Waals surface area contributed by atoms with Gasteiger partial charge in [0.1, 0.15) is 0 Å². The first-order valence-electron chi connectivity index (χ1n) is 9.56. The highest BCUT2D eigenvalue weighted by molar-refractivity contribution is 5.88. The highest BCUT2D eigenvalue weighted by Crippen LogP contribution is 2.19. The summed E-state index contributed by atoms with van der Waals surface area (Å²) in [6.07, 6.45) is 6.80. The number of hydrogen-bond acceptors (Lipinski definition) is 2. The van der Waals surface area contributed by atoms with E-state index in [0.717, 1.165) is 49.2 Å². The second-order valence-electron chi connectivity index (χ2n) is 7.03. The summed E-state index contributed by atoms with van der Waals surface area (Å²) in [6, 6.07) is 18.5. The van der Waals surface area contributed by atoms with Gasteiger partial charge in [-0.05, 0) is 17.2 Å². The van der Waals surface area contributed by atoms with Crippen LogP contribution in [-0.4, -0.2) is 53.4 Å². The first-order chi connectivity index (χ1) is 13.3. The van der Waals surface area contributed by atoms with E-state index in [0.29, 0.717) is 6.42 Å². The number of aromatic amines is 1. The van der Waals surface area contributed by atoms with Gasteiger partial charge in [0, 0.05) is 49.8 Å². The number of aromatic nitrogens is 1. The van der Waals surface area contributed by atoms with E-state index in [1.807, 2.05) is 35.4 Å². The molecule has 0 saturated carbocycles. The average Bonchev–Trinajstić information content (AvgIpc) is 3.12. The van der Waals surface area contributed by atoms with Crippen LogP contribution >= 0.6 is 12.4 Å². The fourth-order valence-corrected chi connectivity index (χ4v) is 3.63. The molecule has 1 saturated heterocycles. The Morgan fingerprint density at radius 2 is 1.68 bits per heavy atom. The number of para-hydroxylation sites is 1. The summed E-state index contributed by atoms with van der Waals surface area (Å²) in [5, 5.41) is 1.15. The Morgan fingerprint density at radius 1 is 0.964 bits per heavy atom. The molecule has 1 aliphatic rings. The molecule has 2 aromatic carbocycles. The van der Waals surface area contributed by atoms with Crippen molar-refractivity contribution in [2.75, 3.05) is 32.7 Å². The lowest BCUT2D eigenvalue weighted by Crippen LogP contribution is -2.49. The lowest BCUT2D eigenvalue weighted by molar-refractivity contribution is -0.132. The summed E-state index contributed by atoms with van der Waals surface area (Å²) >= 11 is 0. The van der Waals surface area contributed by atoms with Gasteiger partial charge in [-0.25, -0.2) is 0 Å². The molecule has 1 N–H and O–H groups in total. The predicted molar refractivity (Wildman–Crippen MR) is 118 cm³/mol. The number of carbonyl (C=O) groups excluding carboxylic acids is 1. The molecule has 0 aliphatic carbocycles. The smallest absolute Gasteiger partial charge is 0.227 e. The van der Waals surface area contributed by atoms with Gasteiger partial charge in [-0.3, -0.25) is 9.69 Å². The standard InChI is InChI=1S/C23H25N3O.ClH/c27-23(17-20-18-24-22-11-5-4-10-21(20)22)26-15-13-25(14-16-26)12-6-9-19-7-2-1-3-8-19;/h1-11,18,24H,12-17H2;1H. The largest absolute Gasteiger partial charge is 0.361 e. The van der Waals surface area contributed by atoms with Gasteiger partial charge >= 0.3 is 0 Å². The number of amides is 1. The molecule has 4 rings (SSSR count). The molecule has 5 heteroatoms. The average molecular weight is 396 g/mol. The number of benzene rings is 2. The molecule has 3 aromatic rings. The Hall–Kier alpha value is -2.56. The van der Waals surface area contributed by atoms with Gasteiger partial charge in [-0.2, -0.15) is 0 Å². The van der Waals surface area contributed by atoms with Gasteiger partial charge in [0.25, 0.3) is 0 Å². The van der Waals surface area contributed by atoms with E-state index >= 15 is 0 Å². The molecule has 0 atom stereocenters. The maximum atomic E-state index is 12.7. The summed E-state index contributed by atoms with van der Waals surface area (Å²) in [4.78, 5) is 20.3. The number of nitrogens with zero attached hydrogens (tertiary/aromatic N) is 2. The van der Waals surface area contributed by atoms with Crippen molar-refractivity contribution < 1.29 is 4.79 Å². The van der Waals surface area contributed by atoms with Gasteiger partial charge in [-0.15, -0.1) is 12.4 Å². The van der Waals surface area contributed by atoms with Crippen molar-refractivity contribution in [3.8, 4) is 0 Å². The number of carbonyl (C=O) groups is 1. The third-order valence-electron chi connectivity index (χ3n) is 5.22. The molecule has 1 aromatic heterocycles.